The van der Waals surface area contributed by atoms with E-state index in [1.807, 2.05) is 0 Å². The van der Waals surface area contributed by atoms with Crippen molar-refractivity contribution in [2.24, 2.45) is 0 Å². The third-order valence-electron chi connectivity index (χ3n) is 3.45. The molecule has 2 aromatic rings. The monoisotopic (exact) mass is 279 g/mol. The minimum absolute atomic E-state index is 0.863. The molecule has 0 aliphatic carbocycles. The molecule has 0 saturated carbocycles. The molecule has 0 unspecified atom stereocenters. The molecule has 0 atom stereocenters. The molecule has 0 amide bonds. The topological polar surface area (TPSA) is 4.93 Å². The van der Waals surface area contributed by atoms with Gasteiger partial charge in [0, 0.05) is 10.8 Å². The lowest BCUT2D eigenvalue weighted by atomic mass is 10.2. The molecule has 1 aliphatic heterocycles. The standard InChI is InChI=1S/C13H16BrN2/c14-16(8-4-1-5-9-16)15-10-12-6-2-3-7-13(12)11-15/h2-3,6-7,10-11H,1,4-5,8-9H2/q+1. The Labute approximate surface area is 104 Å². The average Bonchev–Trinajstić information content (AvgIpc) is 2.74. The van der Waals surface area contributed by atoms with Gasteiger partial charge in [0.05, 0.1) is 12.4 Å². The van der Waals surface area contributed by atoms with Crippen molar-refractivity contribution in [1.29, 1.82) is 0 Å². The van der Waals surface area contributed by atoms with Crippen molar-refractivity contribution in [1.82, 2.24) is 8.29 Å². The molecular weight excluding hydrogens is 264 g/mol. The van der Waals surface area contributed by atoms with Crippen LogP contribution < -0.4 is 3.62 Å². The van der Waals surface area contributed by atoms with Gasteiger partial charge in [0.1, 0.15) is 13.1 Å². The number of aromatic nitrogens is 1. The lowest BCUT2D eigenvalue weighted by molar-refractivity contribution is 0.241. The Balaban J connectivity index is 2.04. The maximum Gasteiger partial charge on any atom is 0.257 e. The minimum Gasteiger partial charge on any atom is -0.195 e. The summed E-state index contributed by atoms with van der Waals surface area (Å²) in [5.74, 6) is 0. The van der Waals surface area contributed by atoms with Gasteiger partial charge in [-0.2, -0.15) is 8.29 Å². The Morgan fingerprint density at radius 3 is 2.06 bits per heavy atom. The molecule has 3 rings (SSSR count). The maximum absolute atomic E-state index is 3.88. The predicted molar refractivity (Wildman–Crippen MR) is 72.0 cm³/mol. The third-order valence-corrected chi connectivity index (χ3v) is 4.53. The second-order valence-corrected chi connectivity index (χ2v) is 5.92. The molecule has 84 valence electrons. The first-order valence-corrected chi connectivity index (χ1v) is 6.63. The van der Waals surface area contributed by atoms with Crippen LogP contribution in [0, 0.1) is 0 Å². The second-order valence-electron chi connectivity index (χ2n) is 4.60. The predicted octanol–water partition coefficient (Wildman–Crippen LogP) is 3.57. The van der Waals surface area contributed by atoms with Gasteiger partial charge in [-0.15, -0.1) is 0 Å². The van der Waals surface area contributed by atoms with E-state index in [1.54, 1.807) is 0 Å². The van der Waals surface area contributed by atoms with Crippen molar-refractivity contribution in [3.8, 4) is 0 Å². The van der Waals surface area contributed by atoms with E-state index in [0.717, 1.165) is 3.62 Å². The van der Waals surface area contributed by atoms with Gasteiger partial charge in [-0.3, -0.25) is 0 Å². The van der Waals surface area contributed by atoms with Crippen molar-refractivity contribution in [2.75, 3.05) is 13.1 Å². The highest BCUT2D eigenvalue weighted by Gasteiger charge is 2.30. The number of halogens is 1. The van der Waals surface area contributed by atoms with E-state index in [-0.39, 0.29) is 0 Å². The van der Waals surface area contributed by atoms with Crippen LogP contribution in [0.5, 0.6) is 0 Å². The number of fused-ring (bicyclic) bond motifs is 1. The van der Waals surface area contributed by atoms with Crippen molar-refractivity contribution < 1.29 is 0 Å². The normalized spacial score (nSPS) is 20.1. The SMILES string of the molecule is Br[N+]1(n2cc3ccccc3c2)CCCCC1. The van der Waals surface area contributed by atoms with Crippen molar-refractivity contribution >= 4 is 26.9 Å². The highest BCUT2D eigenvalue weighted by Crippen LogP contribution is 2.25. The number of hydrogen-bond acceptors (Lipinski definition) is 0. The van der Waals surface area contributed by atoms with Gasteiger partial charge in [-0.25, -0.2) is 0 Å². The first-order valence-electron chi connectivity index (χ1n) is 5.92. The maximum atomic E-state index is 3.88. The molecular formula is C13H16BrN2+. The first kappa shape index (κ1) is 10.4. The number of nitrogens with zero attached hydrogens (tertiary/aromatic N) is 2. The largest absolute Gasteiger partial charge is 0.257 e. The van der Waals surface area contributed by atoms with Gasteiger partial charge in [0.25, 0.3) is 16.1 Å². The van der Waals surface area contributed by atoms with E-state index >= 15 is 0 Å². The summed E-state index contributed by atoms with van der Waals surface area (Å²) in [7, 11) is 0. The summed E-state index contributed by atoms with van der Waals surface area (Å²) >= 11 is 3.88. The fraction of sp³-hybridized carbons (Fsp3) is 0.385. The van der Waals surface area contributed by atoms with Crippen LogP contribution in [0.25, 0.3) is 10.8 Å². The van der Waals surface area contributed by atoms with E-state index < -0.39 is 0 Å². The van der Waals surface area contributed by atoms with Crippen LogP contribution in [0.1, 0.15) is 19.3 Å². The smallest absolute Gasteiger partial charge is 0.195 e. The van der Waals surface area contributed by atoms with Crippen LogP contribution in [0.3, 0.4) is 0 Å². The van der Waals surface area contributed by atoms with Gasteiger partial charge < -0.3 is 0 Å². The lowest BCUT2D eigenvalue weighted by Crippen LogP contribution is -2.51. The summed E-state index contributed by atoms with van der Waals surface area (Å²) in [4.78, 5) is 0. The molecule has 1 aromatic carbocycles. The van der Waals surface area contributed by atoms with Gasteiger partial charge in [-0.05, 0) is 19.3 Å². The summed E-state index contributed by atoms with van der Waals surface area (Å²) in [6.07, 6.45) is 8.47. The Morgan fingerprint density at radius 2 is 1.50 bits per heavy atom. The van der Waals surface area contributed by atoms with Gasteiger partial charge in [0.15, 0.2) is 0 Å². The van der Waals surface area contributed by atoms with Crippen molar-refractivity contribution in [3.63, 3.8) is 0 Å². The number of hydrogen-bond donors (Lipinski definition) is 0. The van der Waals surface area contributed by atoms with Crippen LogP contribution >= 0.6 is 16.1 Å². The Hall–Kier alpha value is -0.800. The van der Waals surface area contributed by atoms with Crippen LogP contribution in [-0.2, 0) is 0 Å². The average molecular weight is 280 g/mol. The summed E-state index contributed by atoms with van der Waals surface area (Å²) in [5, 5.41) is 2.65. The molecule has 2 heterocycles. The fourth-order valence-corrected chi connectivity index (χ4v) is 3.19. The minimum atomic E-state index is 0.863. The molecule has 1 fully saturated rings. The lowest BCUT2D eigenvalue weighted by Gasteiger charge is -2.33. The summed E-state index contributed by atoms with van der Waals surface area (Å²) in [6.45, 7) is 2.36. The van der Waals surface area contributed by atoms with E-state index in [2.05, 4.69) is 57.5 Å². The van der Waals surface area contributed by atoms with Gasteiger partial charge >= 0.3 is 0 Å². The molecule has 0 bridgehead atoms. The van der Waals surface area contributed by atoms with Crippen LogP contribution in [-0.4, -0.2) is 17.8 Å². The summed E-state index contributed by atoms with van der Waals surface area (Å²) < 4.78 is 3.17. The molecule has 3 heteroatoms. The Morgan fingerprint density at radius 1 is 0.938 bits per heavy atom. The zero-order valence-corrected chi connectivity index (χ0v) is 10.9. The zero-order valence-electron chi connectivity index (χ0n) is 9.27. The fourth-order valence-electron chi connectivity index (χ4n) is 2.50. The molecule has 16 heavy (non-hydrogen) atoms. The quantitative estimate of drug-likeness (QED) is 0.704. The highest BCUT2D eigenvalue weighted by molar-refractivity contribution is 9.08. The molecule has 1 saturated heterocycles. The number of piperidine rings is 1. The molecule has 1 aromatic heterocycles. The number of quaternary nitrogens is 1. The summed E-state index contributed by atoms with van der Waals surface area (Å²) in [5.41, 5.74) is 0. The summed E-state index contributed by atoms with van der Waals surface area (Å²) in [6, 6.07) is 8.55. The number of benzene rings is 1. The van der Waals surface area contributed by atoms with E-state index in [1.165, 1.54) is 43.1 Å². The van der Waals surface area contributed by atoms with E-state index in [9.17, 15) is 0 Å². The van der Waals surface area contributed by atoms with Gasteiger partial charge in [-0.1, -0.05) is 24.3 Å². The van der Waals surface area contributed by atoms with Crippen molar-refractivity contribution in [3.05, 3.63) is 36.7 Å². The molecule has 0 radical (unpaired) electrons. The first-order chi connectivity index (χ1) is 7.78. The van der Waals surface area contributed by atoms with Gasteiger partial charge in [0.2, 0.25) is 0 Å². The highest BCUT2D eigenvalue weighted by atomic mass is 79.9. The van der Waals surface area contributed by atoms with E-state index in [4.69, 9.17) is 0 Å². The Kier molecular flexibility index (Phi) is 2.52. The zero-order chi connectivity index (χ0) is 11.0. The molecule has 1 aliphatic rings. The Bertz CT molecular complexity index is 464. The second kappa shape index (κ2) is 3.90. The number of rotatable bonds is 1. The van der Waals surface area contributed by atoms with Crippen molar-refractivity contribution in [2.45, 2.75) is 19.3 Å². The molecule has 2 nitrogen and oxygen atoms in total. The molecule has 0 spiro atoms. The van der Waals surface area contributed by atoms with E-state index in [0.29, 0.717) is 0 Å². The molecule has 0 N–H and O–H groups in total. The van der Waals surface area contributed by atoms with Crippen LogP contribution in [0.4, 0.5) is 0 Å². The van der Waals surface area contributed by atoms with Crippen LogP contribution in [0.2, 0.25) is 0 Å². The third kappa shape index (κ3) is 1.68. The van der Waals surface area contributed by atoms with Crippen LogP contribution in [0.15, 0.2) is 36.7 Å².